The van der Waals surface area contributed by atoms with Gasteiger partial charge in [-0.1, -0.05) is 13.8 Å². The van der Waals surface area contributed by atoms with Crippen molar-refractivity contribution >= 4 is 18.0 Å². The Morgan fingerprint density at radius 3 is 2.59 bits per heavy atom. The average molecular weight is 235 g/mol. The third-order valence-electron chi connectivity index (χ3n) is 2.14. The highest BCUT2D eigenvalue weighted by Crippen LogP contribution is 2.05. The molecular formula is C12H17N3O2. The number of aldehydes is 1. The quantitative estimate of drug-likeness (QED) is 0.765. The molecule has 0 spiro atoms. The number of rotatable bonds is 5. The molecule has 0 aliphatic carbocycles. The summed E-state index contributed by atoms with van der Waals surface area (Å²) in [5, 5.41) is 5.24. The second kappa shape index (κ2) is 6.62. The van der Waals surface area contributed by atoms with Crippen LogP contribution in [0.3, 0.4) is 0 Å². The molecule has 92 valence electrons. The Balaban J connectivity index is 2.45. The normalized spacial score (nSPS) is 11.9. The van der Waals surface area contributed by atoms with Crippen LogP contribution in [0.1, 0.15) is 20.3 Å². The third-order valence-corrected chi connectivity index (χ3v) is 2.14. The van der Waals surface area contributed by atoms with Crippen molar-refractivity contribution in [3.05, 3.63) is 24.5 Å². The summed E-state index contributed by atoms with van der Waals surface area (Å²) < 4.78 is 0. The number of aromatic nitrogens is 1. The van der Waals surface area contributed by atoms with Gasteiger partial charge in [0, 0.05) is 18.1 Å². The van der Waals surface area contributed by atoms with E-state index in [0.717, 1.165) is 6.29 Å². The van der Waals surface area contributed by atoms with Crippen LogP contribution >= 0.6 is 0 Å². The van der Waals surface area contributed by atoms with Crippen molar-refractivity contribution in [1.82, 2.24) is 10.3 Å². The van der Waals surface area contributed by atoms with Gasteiger partial charge in [-0.05, 0) is 24.5 Å². The predicted octanol–water partition coefficient (Wildman–Crippen LogP) is 1.82. The molecule has 0 saturated carbocycles. The highest BCUT2D eigenvalue weighted by atomic mass is 16.2. The van der Waals surface area contributed by atoms with Crippen molar-refractivity contribution in [1.29, 1.82) is 0 Å². The van der Waals surface area contributed by atoms with Crippen molar-refractivity contribution in [2.75, 3.05) is 5.32 Å². The van der Waals surface area contributed by atoms with E-state index < -0.39 is 6.04 Å². The maximum absolute atomic E-state index is 11.6. The average Bonchev–Trinajstić information content (AvgIpc) is 2.28. The van der Waals surface area contributed by atoms with Gasteiger partial charge in [-0.15, -0.1) is 0 Å². The molecule has 2 amide bonds. The molecule has 0 radical (unpaired) electrons. The van der Waals surface area contributed by atoms with Gasteiger partial charge in [0.1, 0.15) is 6.29 Å². The molecule has 1 atom stereocenters. The maximum Gasteiger partial charge on any atom is 0.319 e. The van der Waals surface area contributed by atoms with E-state index in [1.807, 2.05) is 13.8 Å². The minimum absolute atomic E-state index is 0.353. The minimum Gasteiger partial charge on any atom is -0.328 e. The van der Waals surface area contributed by atoms with Gasteiger partial charge in [0.25, 0.3) is 0 Å². The van der Waals surface area contributed by atoms with Crippen molar-refractivity contribution < 1.29 is 9.59 Å². The van der Waals surface area contributed by atoms with Crippen molar-refractivity contribution in [2.45, 2.75) is 26.3 Å². The van der Waals surface area contributed by atoms with E-state index in [1.54, 1.807) is 24.5 Å². The molecule has 0 saturated heterocycles. The molecule has 0 unspecified atom stereocenters. The molecule has 5 nitrogen and oxygen atoms in total. The van der Waals surface area contributed by atoms with Gasteiger partial charge in [0.15, 0.2) is 0 Å². The highest BCUT2D eigenvalue weighted by Gasteiger charge is 2.12. The van der Waals surface area contributed by atoms with Gasteiger partial charge in [-0.2, -0.15) is 0 Å². The highest BCUT2D eigenvalue weighted by molar-refractivity contribution is 5.90. The lowest BCUT2D eigenvalue weighted by Gasteiger charge is -2.15. The fourth-order valence-electron chi connectivity index (χ4n) is 1.43. The van der Waals surface area contributed by atoms with Crippen molar-refractivity contribution in [2.24, 2.45) is 5.92 Å². The molecule has 5 heteroatoms. The lowest BCUT2D eigenvalue weighted by atomic mass is 10.1. The number of nitrogens with one attached hydrogen (secondary N) is 2. The summed E-state index contributed by atoms with van der Waals surface area (Å²) >= 11 is 0. The first-order chi connectivity index (χ1) is 8.11. The first kappa shape index (κ1) is 13.2. The summed E-state index contributed by atoms with van der Waals surface area (Å²) in [6, 6.07) is 2.53. The fraction of sp³-hybridized carbons (Fsp3) is 0.417. The zero-order valence-corrected chi connectivity index (χ0v) is 10.0. The summed E-state index contributed by atoms with van der Waals surface area (Å²) in [6.45, 7) is 4.00. The molecule has 1 aromatic heterocycles. The van der Waals surface area contributed by atoms with Crippen LogP contribution in [0.15, 0.2) is 24.5 Å². The number of urea groups is 1. The van der Waals surface area contributed by atoms with Gasteiger partial charge in [-0.3, -0.25) is 4.98 Å². The summed E-state index contributed by atoms with van der Waals surface area (Å²) in [7, 11) is 0. The first-order valence-corrected chi connectivity index (χ1v) is 5.54. The van der Waals surface area contributed by atoms with E-state index in [-0.39, 0.29) is 6.03 Å². The first-order valence-electron chi connectivity index (χ1n) is 5.54. The maximum atomic E-state index is 11.6. The Labute approximate surface area is 101 Å². The molecule has 0 aliphatic heterocycles. The molecule has 0 fully saturated rings. The molecule has 17 heavy (non-hydrogen) atoms. The van der Waals surface area contributed by atoms with E-state index in [0.29, 0.717) is 18.0 Å². The van der Waals surface area contributed by atoms with Crippen LogP contribution in [0.4, 0.5) is 10.5 Å². The second-order valence-electron chi connectivity index (χ2n) is 4.21. The molecule has 0 aliphatic rings. The Morgan fingerprint density at radius 2 is 2.06 bits per heavy atom. The van der Waals surface area contributed by atoms with Crippen LogP contribution in [0, 0.1) is 5.92 Å². The Morgan fingerprint density at radius 1 is 1.41 bits per heavy atom. The van der Waals surface area contributed by atoms with Crippen LogP contribution in [0.25, 0.3) is 0 Å². The zero-order valence-electron chi connectivity index (χ0n) is 10.0. The predicted molar refractivity (Wildman–Crippen MR) is 65.7 cm³/mol. The van der Waals surface area contributed by atoms with E-state index in [1.165, 1.54) is 0 Å². The van der Waals surface area contributed by atoms with Gasteiger partial charge < -0.3 is 15.4 Å². The monoisotopic (exact) mass is 235 g/mol. The molecule has 1 heterocycles. The summed E-state index contributed by atoms with van der Waals surface area (Å²) in [6.07, 6.45) is 4.56. The molecule has 1 aromatic rings. The van der Waals surface area contributed by atoms with E-state index in [2.05, 4.69) is 15.6 Å². The van der Waals surface area contributed by atoms with Crippen LogP contribution in [-0.4, -0.2) is 23.3 Å². The standard InChI is InChI=1S/C12H17N3O2/c1-9(2)7-11(8-16)15-12(17)14-10-3-5-13-6-4-10/h3-6,8-9,11H,7H2,1-2H3,(H2,13,14,15,17)/t11-/m0/s1. The number of nitrogens with zero attached hydrogens (tertiary/aromatic N) is 1. The van der Waals surface area contributed by atoms with Crippen molar-refractivity contribution in [3.8, 4) is 0 Å². The van der Waals surface area contributed by atoms with Gasteiger partial charge >= 0.3 is 6.03 Å². The van der Waals surface area contributed by atoms with Crippen LogP contribution < -0.4 is 10.6 Å². The fourth-order valence-corrected chi connectivity index (χ4v) is 1.43. The Kier molecular flexibility index (Phi) is 5.13. The van der Waals surface area contributed by atoms with Crippen LogP contribution in [0.5, 0.6) is 0 Å². The topological polar surface area (TPSA) is 71.1 Å². The summed E-state index contributed by atoms with van der Waals surface area (Å²) in [5.41, 5.74) is 0.645. The molecule has 0 bridgehead atoms. The number of hydrogen-bond acceptors (Lipinski definition) is 3. The smallest absolute Gasteiger partial charge is 0.319 e. The molecule has 2 N–H and O–H groups in total. The Bertz CT molecular complexity index is 365. The number of anilines is 1. The van der Waals surface area contributed by atoms with Gasteiger partial charge in [-0.25, -0.2) is 4.79 Å². The van der Waals surface area contributed by atoms with E-state index in [4.69, 9.17) is 0 Å². The zero-order chi connectivity index (χ0) is 12.7. The number of pyridine rings is 1. The largest absolute Gasteiger partial charge is 0.328 e. The van der Waals surface area contributed by atoms with Crippen LogP contribution in [0.2, 0.25) is 0 Å². The van der Waals surface area contributed by atoms with E-state index >= 15 is 0 Å². The number of carbonyl (C=O) groups is 2. The molecule has 1 rings (SSSR count). The molecular weight excluding hydrogens is 218 g/mol. The van der Waals surface area contributed by atoms with E-state index in [9.17, 15) is 9.59 Å². The lowest BCUT2D eigenvalue weighted by Crippen LogP contribution is -2.39. The summed E-state index contributed by atoms with van der Waals surface area (Å²) in [4.78, 5) is 26.2. The number of carbonyl (C=O) groups excluding carboxylic acids is 2. The van der Waals surface area contributed by atoms with Crippen LogP contribution in [-0.2, 0) is 4.79 Å². The number of hydrogen-bond donors (Lipinski definition) is 2. The third kappa shape index (κ3) is 5.10. The van der Waals surface area contributed by atoms with Gasteiger partial charge in [0.2, 0.25) is 0 Å². The molecule has 0 aromatic carbocycles. The minimum atomic E-state index is -0.447. The summed E-state index contributed by atoms with van der Waals surface area (Å²) in [5.74, 6) is 0.353. The Hall–Kier alpha value is -1.91. The second-order valence-corrected chi connectivity index (χ2v) is 4.21. The van der Waals surface area contributed by atoms with Crippen molar-refractivity contribution in [3.63, 3.8) is 0 Å². The van der Waals surface area contributed by atoms with Gasteiger partial charge in [0.05, 0.1) is 6.04 Å². The lowest BCUT2D eigenvalue weighted by molar-refractivity contribution is -0.109. The SMILES string of the molecule is CC(C)C[C@@H](C=O)NC(=O)Nc1ccncc1. The number of amides is 2.